The van der Waals surface area contributed by atoms with Crippen LogP contribution in [0.2, 0.25) is 0 Å². The molecule has 3 unspecified atom stereocenters. The Morgan fingerprint density at radius 2 is 2.00 bits per heavy atom. The van der Waals surface area contributed by atoms with Crippen LogP contribution in [0.4, 0.5) is 5.69 Å². The largest absolute Gasteiger partial charge is 0.462 e. The van der Waals surface area contributed by atoms with E-state index in [1.807, 2.05) is 0 Å². The topological polar surface area (TPSA) is 52.3 Å². The Morgan fingerprint density at radius 1 is 1.22 bits per heavy atom. The Hall–Kier alpha value is -1.51. The lowest BCUT2D eigenvalue weighted by Crippen LogP contribution is -2.19. The van der Waals surface area contributed by atoms with E-state index >= 15 is 0 Å². The summed E-state index contributed by atoms with van der Waals surface area (Å²) in [4.78, 5) is 11.9. The molecule has 2 aliphatic rings. The van der Waals surface area contributed by atoms with Crippen molar-refractivity contribution in [1.29, 1.82) is 0 Å². The number of hydrogen-bond acceptors (Lipinski definition) is 3. The molecule has 3 nitrogen and oxygen atoms in total. The molecule has 0 radical (unpaired) electrons. The van der Waals surface area contributed by atoms with Crippen LogP contribution in [0.3, 0.4) is 0 Å². The van der Waals surface area contributed by atoms with E-state index in [2.05, 4.69) is 0 Å². The fourth-order valence-electron chi connectivity index (χ4n) is 3.47. The van der Waals surface area contributed by atoms with Gasteiger partial charge in [-0.25, -0.2) is 4.79 Å². The third-order valence-electron chi connectivity index (χ3n) is 4.46. The third-order valence-corrected chi connectivity index (χ3v) is 4.46. The molecule has 18 heavy (non-hydrogen) atoms. The highest BCUT2D eigenvalue weighted by atomic mass is 16.5. The van der Waals surface area contributed by atoms with Crippen molar-refractivity contribution in [2.24, 2.45) is 17.8 Å². The second-order valence-corrected chi connectivity index (χ2v) is 5.66. The summed E-state index contributed by atoms with van der Waals surface area (Å²) in [5.41, 5.74) is 6.85. The fraction of sp³-hybridized carbons (Fsp3) is 0.533. The molecule has 0 spiro atoms. The third kappa shape index (κ3) is 2.22. The number of nitrogen functional groups attached to an aromatic ring is 1. The lowest BCUT2D eigenvalue weighted by Gasteiger charge is -2.21. The van der Waals surface area contributed by atoms with E-state index in [4.69, 9.17) is 10.5 Å². The molecule has 3 rings (SSSR count). The number of nitrogens with two attached hydrogens (primary N) is 1. The van der Waals surface area contributed by atoms with E-state index in [9.17, 15) is 4.79 Å². The maximum absolute atomic E-state index is 11.9. The van der Waals surface area contributed by atoms with E-state index in [1.54, 1.807) is 24.3 Å². The second kappa shape index (κ2) is 4.63. The molecule has 3 heteroatoms. The number of ether oxygens (including phenoxy) is 1. The summed E-state index contributed by atoms with van der Waals surface area (Å²) in [6, 6.07) is 6.90. The van der Waals surface area contributed by atoms with Gasteiger partial charge in [-0.05, 0) is 61.3 Å². The van der Waals surface area contributed by atoms with Gasteiger partial charge < -0.3 is 10.5 Å². The van der Waals surface area contributed by atoms with Gasteiger partial charge in [-0.15, -0.1) is 0 Å². The summed E-state index contributed by atoms with van der Waals surface area (Å²) in [5.74, 6) is 2.07. The Balaban J connectivity index is 1.54. The first-order chi connectivity index (χ1) is 8.72. The molecule has 0 aliphatic heterocycles. The van der Waals surface area contributed by atoms with Gasteiger partial charge in [0.15, 0.2) is 0 Å². The summed E-state index contributed by atoms with van der Waals surface area (Å²) < 4.78 is 5.42. The molecular weight excluding hydrogens is 226 g/mol. The predicted octanol–water partition coefficient (Wildman–Crippen LogP) is 2.86. The average molecular weight is 245 g/mol. The van der Waals surface area contributed by atoms with Crippen LogP contribution in [-0.4, -0.2) is 12.6 Å². The number of rotatable bonds is 3. The van der Waals surface area contributed by atoms with Gasteiger partial charge in [-0.2, -0.15) is 0 Å². The monoisotopic (exact) mass is 245 g/mol. The van der Waals surface area contributed by atoms with E-state index in [1.165, 1.54) is 25.7 Å². The number of fused-ring (bicyclic) bond motifs is 2. The molecule has 2 saturated carbocycles. The SMILES string of the molecule is Nc1ccc(C(=O)OCC2CC3CCC2C3)cc1. The van der Waals surface area contributed by atoms with Crippen LogP contribution >= 0.6 is 0 Å². The van der Waals surface area contributed by atoms with Gasteiger partial charge in [0.25, 0.3) is 0 Å². The van der Waals surface area contributed by atoms with E-state index in [0.717, 1.165) is 11.8 Å². The highest BCUT2D eigenvalue weighted by molar-refractivity contribution is 5.89. The molecule has 2 bridgehead atoms. The van der Waals surface area contributed by atoms with Crippen molar-refractivity contribution >= 4 is 11.7 Å². The van der Waals surface area contributed by atoms with Crippen LogP contribution in [0.5, 0.6) is 0 Å². The van der Waals surface area contributed by atoms with Crippen molar-refractivity contribution in [2.75, 3.05) is 12.3 Å². The van der Waals surface area contributed by atoms with E-state index in [-0.39, 0.29) is 5.97 Å². The molecule has 1 aromatic rings. The molecular formula is C15H19NO2. The molecule has 0 saturated heterocycles. The molecule has 2 fully saturated rings. The zero-order valence-electron chi connectivity index (χ0n) is 10.5. The lowest BCUT2D eigenvalue weighted by molar-refractivity contribution is 0.0394. The Bertz CT molecular complexity index is 440. The summed E-state index contributed by atoms with van der Waals surface area (Å²) in [7, 11) is 0. The molecule has 3 atom stereocenters. The van der Waals surface area contributed by atoms with Crippen LogP contribution < -0.4 is 5.73 Å². The minimum absolute atomic E-state index is 0.224. The standard InChI is InChI=1S/C15H19NO2/c16-14-5-3-11(4-6-14)15(17)18-9-13-8-10-1-2-12(13)7-10/h3-6,10,12-13H,1-2,7-9,16H2. The number of esters is 1. The van der Waals surface area contributed by atoms with Gasteiger partial charge in [-0.3, -0.25) is 0 Å². The van der Waals surface area contributed by atoms with Gasteiger partial charge >= 0.3 is 5.97 Å². The lowest BCUT2D eigenvalue weighted by atomic mass is 9.89. The highest BCUT2D eigenvalue weighted by Gasteiger charge is 2.39. The Labute approximate surface area is 107 Å². The van der Waals surface area contributed by atoms with Crippen LogP contribution in [-0.2, 0) is 4.74 Å². The van der Waals surface area contributed by atoms with Crippen molar-refractivity contribution < 1.29 is 9.53 Å². The smallest absolute Gasteiger partial charge is 0.338 e. The number of carbonyl (C=O) groups is 1. The summed E-state index contributed by atoms with van der Waals surface area (Å²) >= 11 is 0. The van der Waals surface area contributed by atoms with Crippen LogP contribution in [0.15, 0.2) is 24.3 Å². The molecule has 96 valence electrons. The quantitative estimate of drug-likeness (QED) is 0.658. The van der Waals surface area contributed by atoms with Crippen molar-refractivity contribution in [1.82, 2.24) is 0 Å². The number of benzene rings is 1. The first kappa shape index (κ1) is 11.6. The van der Waals surface area contributed by atoms with Crippen LogP contribution in [0.25, 0.3) is 0 Å². The highest BCUT2D eigenvalue weighted by Crippen LogP contribution is 2.48. The first-order valence-electron chi connectivity index (χ1n) is 6.75. The summed E-state index contributed by atoms with van der Waals surface area (Å²) in [5, 5.41) is 0. The fourth-order valence-corrected chi connectivity index (χ4v) is 3.47. The first-order valence-corrected chi connectivity index (χ1v) is 6.75. The van der Waals surface area contributed by atoms with Crippen LogP contribution in [0.1, 0.15) is 36.0 Å². The zero-order chi connectivity index (χ0) is 12.5. The molecule has 0 aromatic heterocycles. The second-order valence-electron chi connectivity index (χ2n) is 5.66. The Morgan fingerprint density at radius 3 is 2.61 bits per heavy atom. The van der Waals surface area contributed by atoms with Gasteiger partial charge in [0, 0.05) is 5.69 Å². The predicted molar refractivity (Wildman–Crippen MR) is 70.1 cm³/mol. The minimum atomic E-state index is -0.224. The number of carbonyl (C=O) groups excluding carboxylic acids is 1. The molecule has 2 aliphatic carbocycles. The van der Waals surface area contributed by atoms with Crippen molar-refractivity contribution in [3.8, 4) is 0 Å². The van der Waals surface area contributed by atoms with Gasteiger partial charge in [0.2, 0.25) is 0 Å². The Kier molecular flexibility index (Phi) is 2.98. The maximum atomic E-state index is 11.9. The van der Waals surface area contributed by atoms with Crippen molar-refractivity contribution in [3.63, 3.8) is 0 Å². The minimum Gasteiger partial charge on any atom is -0.462 e. The maximum Gasteiger partial charge on any atom is 0.338 e. The molecule has 0 amide bonds. The van der Waals surface area contributed by atoms with E-state index in [0.29, 0.717) is 23.8 Å². The van der Waals surface area contributed by atoms with Gasteiger partial charge in [-0.1, -0.05) is 6.42 Å². The van der Waals surface area contributed by atoms with Crippen molar-refractivity contribution in [3.05, 3.63) is 29.8 Å². The number of anilines is 1. The average Bonchev–Trinajstić information content (AvgIpc) is 2.99. The number of hydrogen-bond donors (Lipinski definition) is 1. The summed E-state index contributed by atoms with van der Waals surface area (Å²) in [6.07, 6.45) is 5.31. The summed E-state index contributed by atoms with van der Waals surface area (Å²) in [6.45, 7) is 0.588. The molecule has 2 N–H and O–H groups in total. The molecule has 0 heterocycles. The normalized spacial score (nSPS) is 29.4. The van der Waals surface area contributed by atoms with Gasteiger partial charge in [0.1, 0.15) is 0 Å². The van der Waals surface area contributed by atoms with Crippen LogP contribution in [0, 0.1) is 17.8 Å². The molecule has 1 aromatic carbocycles. The van der Waals surface area contributed by atoms with Gasteiger partial charge in [0.05, 0.1) is 12.2 Å². The zero-order valence-corrected chi connectivity index (χ0v) is 10.5. The van der Waals surface area contributed by atoms with Crippen molar-refractivity contribution in [2.45, 2.75) is 25.7 Å². The van der Waals surface area contributed by atoms with E-state index < -0.39 is 0 Å².